The van der Waals surface area contributed by atoms with Gasteiger partial charge in [-0.25, -0.2) is 9.59 Å². The number of hydrogen-bond donors (Lipinski definition) is 3. The second-order valence-corrected chi connectivity index (χ2v) is 7.18. The number of piperidine rings is 1. The molecule has 2 aliphatic rings. The Kier molecular flexibility index (Phi) is 4.78. The zero-order valence-corrected chi connectivity index (χ0v) is 15.1. The molecule has 1 unspecified atom stereocenters. The van der Waals surface area contributed by atoms with E-state index in [0.29, 0.717) is 0 Å². The topological polar surface area (TPSA) is 107 Å². The van der Waals surface area contributed by atoms with Crippen LogP contribution in [-0.2, 0) is 9.53 Å². The van der Waals surface area contributed by atoms with E-state index in [0.717, 1.165) is 27.2 Å². The second kappa shape index (κ2) is 7.26. The van der Waals surface area contributed by atoms with Crippen LogP contribution in [0.15, 0.2) is 48.5 Å². The van der Waals surface area contributed by atoms with Crippen molar-refractivity contribution in [1.82, 2.24) is 4.90 Å². The van der Waals surface area contributed by atoms with Crippen LogP contribution in [0.25, 0.3) is 11.1 Å². The minimum atomic E-state index is -1.24. The van der Waals surface area contributed by atoms with Crippen molar-refractivity contribution < 1.29 is 29.6 Å². The van der Waals surface area contributed by atoms with E-state index in [1.54, 1.807) is 0 Å². The maximum atomic E-state index is 12.6. The predicted octanol–water partition coefficient (Wildman–Crippen LogP) is 1.82. The summed E-state index contributed by atoms with van der Waals surface area (Å²) >= 11 is 0. The lowest BCUT2D eigenvalue weighted by Gasteiger charge is -2.37. The fourth-order valence-corrected chi connectivity index (χ4v) is 4.08. The maximum Gasteiger partial charge on any atom is 0.410 e. The number of carboxylic acid groups (broad SMARTS) is 1. The third-order valence-electron chi connectivity index (χ3n) is 5.52. The summed E-state index contributed by atoms with van der Waals surface area (Å²) in [5.74, 6) is -1.38. The summed E-state index contributed by atoms with van der Waals surface area (Å²) in [5.41, 5.74) is 4.30. The highest BCUT2D eigenvalue weighted by Gasteiger charge is 2.41. The number of aliphatic carboxylic acids is 1. The Morgan fingerprint density at radius 2 is 1.54 bits per heavy atom. The molecular weight excluding hydrogens is 362 g/mol. The number of aliphatic hydroxyl groups excluding tert-OH is 2. The van der Waals surface area contributed by atoms with Gasteiger partial charge in [-0.15, -0.1) is 0 Å². The van der Waals surface area contributed by atoms with Crippen LogP contribution in [0.2, 0.25) is 0 Å². The lowest BCUT2D eigenvalue weighted by atomic mass is 9.97. The van der Waals surface area contributed by atoms with E-state index in [9.17, 15) is 24.9 Å². The molecule has 2 aromatic rings. The first-order chi connectivity index (χ1) is 13.5. The van der Waals surface area contributed by atoms with Gasteiger partial charge in [-0.3, -0.25) is 4.90 Å². The zero-order valence-electron chi connectivity index (χ0n) is 15.1. The van der Waals surface area contributed by atoms with E-state index in [2.05, 4.69) is 0 Å². The summed E-state index contributed by atoms with van der Waals surface area (Å²) in [5, 5.41) is 28.9. The zero-order chi connectivity index (χ0) is 19.8. The number of fused-ring (bicyclic) bond motifs is 3. The van der Waals surface area contributed by atoms with Crippen molar-refractivity contribution in [1.29, 1.82) is 0 Å². The molecule has 2 aromatic carbocycles. The van der Waals surface area contributed by atoms with Crippen LogP contribution in [-0.4, -0.2) is 63.7 Å². The van der Waals surface area contributed by atoms with Gasteiger partial charge < -0.3 is 20.1 Å². The van der Waals surface area contributed by atoms with Gasteiger partial charge in [0.2, 0.25) is 0 Å². The van der Waals surface area contributed by atoms with Crippen LogP contribution in [0.4, 0.5) is 4.79 Å². The number of carbonyl (C=O) groups is 2. The number of β-amino-alcohol motifs (C(OH)–C–C–N with tert-alkyl or cyclic N) is 1. The van der Waals surface area contributed by atoms with Crippen LogP contribution in [0.1, 0.15) is 23.5 Å². The summed E-state index contributed by atoms with van der Waals surface area (Å²) in [7, 11) is 0. The number of rotatable bonds is 3. The fourth-order valence-electron chi connectivity index (χ4n) is 4.08. The quantitative estimate of drug-likeness (QED) is 0.746. The molecule has 3 N–H and O–H groups in total. The molecule has 0 radical (unpaired) electrons. The molecule has 1 aliphatic heterocycles. The van der Waals surface area contributed by atoms with E-state index in [1.165, 1.54) is 0 Å². The van der Waals surface area contributed by atoms with Crippen LogP contribution in [0, 0.1) is 0 Å². The van der Waals surface area contributed by atoms with Gasteiger partial charge in [0, 0.05) is 12.3 Å². The molecule has 28 heavy (non-hydrogen) atoms. The standard InChI is InChI=1S/C21H21NO6/c23-18-9-17(20(25)26)22(10-19(18)24)21(27)28-11-16-14-7-3-1-5-12(14)13-6-2-4-8-15(13)16/h1-8,16-19,23-24H,9-11H2,(H,25,26)/t17?,18-,19+/m1/s1. The molecule has 7 nitrogen and oxygen atoms in total. The minimum absolute atomic E-state index is 0.0638. The van der Waals surface area contributed by atoms with Gasteiger partial charge in [0.25, 0.3) is 0 Å². The number of hydrogen-bond acceptors (Lipinski definition) is 5. The average molecular weight is 383 g/mol. The number of amides is 1. The van der Waals surface area contributed by atoms with Crippen molar-refractivity contribution in [2.45, 2.75) is 30.6 Å². The molecular formula is C21H21NO6. The normalized spacial score (nSPS) is 23.8. The summed E-state index contributed by atoms with van der Waals surface area (Å²) in [6.45, 7) is -0.219. The third kappa shape index (κ3) is 3.12. The molecule has 1 aliphatic carbocycles. The molecule has 4 rings (SSSR count). The number of benzene rings is 2. The minimum Gasteiger partial charge on any atom is -0.480 e. The summed E-state index contributed by atoms with van der Waals surface area (Å²) in [6.07, 6.45) is -3.42. The third-order valence-corrected chi connectivity index (χ3v) is 5.52. The molecule has 146 valence electrons. The number of ether oxygens (including phenoxy) is 1. The highest BCUT2D eigenvalue weighted by atomic mass is 16.6. The lowest BCUT2D eigenvalue weighted by Crippen LogP contribution is -2.57. The van der Waals surface area contributed by atoms with Crippen molar-refractivity contribution in [2.24, 2.45) is 0 Å². The Bertz CT molecular complexity index is 868. The molecule has 0 spiro atoms. The molecule has 3 atom stereocenters. The molecule has 0 saturated carbocycles. The van der Waals surface area contributed by atoms with Crippen LogP contribution < -0.4 is 0 Å². The Hall–Kier alpha value is -2.90. The Morgan fingerprint density at radius 1 is 0.964 bits per heavy atom. The van der Waals surface area contributed by atoms with Gasteiger partial charge in [0.05, 0.1) is 18.8 Å². The Morgan fingerprint density at radius 3 is 2.11 bits per heavy atom. The number of carbonyl (C=O) groups excluding carboxylic acids is 1. The first-order valence-electron chi connectivity index (χ1n) is 9.18. The largest absolute Gasteiger partial charge is 0.480 e. The van der Waals surface area contributed by atoms with Crippen molar-refractivity contribution in [3.8, 4) is 11.1 Å². The highest BCUT2D eigenvalue weighted by Crippen LogP contribution is 2.44. The van der Waals surface area contributed by atoms with Crippen molar-refractivity contribution in [3.63, 3.8) is 0 Å². The summed E-state index contributed by atoms with van der Waals surface area (Å²) < 4.78 is 5.47. The highest BCUT2D eigenvalue weighted by molar-refractivity contribution is 5.81. The summed E-state index contributed by atoms with van der Waals surface area (Å²) in [6, 6.07) is 14.6. The van der Waals surface area contributed by atoms with E-state index < -0.39 is 30.3 Å². The van der Waals surface area contributed by atoms with E-state index >= 15 is 0 Å². The Labute approximate surface area is 161 Å². The van der Waals surface area contributed by atoms with E-state index in [4.69, 9.17) is 4.74 Å². The number of aliphatic hydroxyl groups is 2. The first-order valence-corrected chi connectivity index (χ1v) is 9.18. The molecule has 0 aromatic heterocycles. The SMILES string of the molecule is O=C(O)C1C[C@@H](O)[C@@H](O)CN1C(=O)OCC1c2ccccc2-c2ccccc21. The molecule has 1 fully saturated rings. The second-order valence-electron chi connectivity index (χ2n) is 7.18. The van der Waals surface area contributed by atoms with E-state index in [-0.39, 0.29) is 25.5 Å². The van der Waals surface area contributed by atoms with Gasteiger partial charge >= 0.3 is 12.1 Å². The summed E-state index contributed by atoms with van der Waals surface area (Å²) in [4.78, 5) is 25.0. The number of nitrogens with zero attached hydrogens (tertiary/aromatic N) is 1. The first kappa shape index (κ1) is 18.5. The number of likely N-dealkylation sites (tertiary alicyclic amines) is 1. The molecule has 1 saturated heterocycles. The van der Waals surface area contributed by atoms with Gasteiger partial charge in [-0.2, -0.15) is 0 Å². The van der Waals surface area contributed by atoms with Crippen LogP contribution in [0.5, 0.6) is 0 Å². The lowest BCUT2D eigenvalue weighted by molar-refractivity contribution is -0.149. The molecule has 0 bridgehead atoms. The van der Waals surface area contributed by atoms with Crippen LogP contribution >= 0.6 is 0 Å². The van der Waals surface area contributed by atoms with Crippen LogP contribution in [0.3, 0.4) is 0 Å². The molecule has 1 amide bonds. The smallest absolute Gasteiger partial charge is 0.410 e. The molecule has 7 heteroatoms. The Balaban J connectivity index is 1.53. The van der Waals surface area contributed by atoms with E-state index in [1.807, 2.05) is 48.5 Å². The predicted molar refractivity (Wildman–Crippen MR) is 99.8 cm³/mol. The van der Waals surface area contributed by atoms with Crippen molar-refractivity contribution in [3.05, 3.63) is 59.7 Å². The number of carboxylic acids is 1. The van der Waals surface area contributed by atoms with Gasteiger partial charge in [0.1, 0.15) is 12.6 Å². The molecule has 1 heterocycles. The fraction of sp³-hybridized carbons (Fsp3) is 0.333. The van der Waals surface area contributed by atoms with Gasteiger partial charge in [0.15, 0.2) is 0 Å². The van der Waals surface area contributed by atoms with Crippen molar-refractivity contribution in [2.75, 3.05) is 13.2 Å². The van der Waals surface area contributed by atoms with Crippen molar-refractivity contribution >= 4 is 12.1 Å². The maximum absolute atomic E-state index is 12.6. The van der Waals surface area contributed by atoms with Gasteiger partial charge in [-0.05, 0) is 22.3 Å². The van der Waals surface area contributed by atoms with Gasteiger partial charge in [-0.1, -0.05) is 48.5 Å². The average Bonchev–Trinajstić information content (AvgIpc) is 3.01. The monoisotopic (exact) mass is 383 g/mol.